The molecule has 0 saturated carbocycles. The Bertz CT molecular complexity index is 597. The number of hydrogen-bond acceptors (Lipinski definition) is 4. The first-order valence-corrected chi connectivity index (χ1v) is 7.07. The SMILES string of the molecule is CCc1cnc(CNc2cc(Br)ccc2C(N)=S)o1. The molecule has 0 spiro atoms. The Hall–Kier alpha value is -1.40. The molecule has 0 unspecified atom stereocenters. The minimum atomic E-state index is 0.358. The van der Waals surface area contributed by atoms with E-state index in [0.29, 0.717) is 17.4 Å². The number of halogens is 1. The molecule has 0 aliphatic heterocycles. The lowest BCUT2D eigenvalue weighted by Gasteiger charge is -2.10. The number of aryl methyl sites for hydroxylation is 1. The summed E-state index contributed by atoms with van der Waals surface area (Å²) in [4.78, 5) is 4.55. The standard InChI is InChI=1S/C13H14BrN3OS/c1-2-9-6-17-12(18-9)7-16-11-5-8(14)3-4-10(11)13(15)19/h3-6,16H,2,7H2,1H3,(H2,15,19). The quantitative estimate of drug-likeness (QED) is 0.818. The fourth-order valence-corrected chi connectivity index (χ4v) is 2.18. The summed E-state index contributed by atoms with van der Waals surface area (Å²) in [5.41, 5.74) is 7.36. The molecule has 19 heavy (non-hydrogen) atoms. The van der Waals surface area contributed by atoms with Crippen molar-refractivity contribution in [1.29, 1.82) is 0 Å². The van der Waals surface area contributed by atoms with Gasteiger partial charge in [0.15, 0.2) is 0 Å². The van der Waals surface area contributed by atoms with Gasteiger partial charge in [-0.1, -0.05) is 35.1 Å². The third kappa shape index (κ3) is 3.54. The smallest absolute Gasteiger partial charge is 0.213 e. The Balaban J connectivity index is 2.14. The predicted molar refractivity (Wildman–Crippen MR) is 83.2 cm³/mol. The van der Waals surface area contributed by atoms with Gasteiger partial charge in [-0.05, 0) is 18.2 Å². The summed E-state index contributed by atoms with van der Waals surface area (Å²) in [7, 11) is 0. The summed E-state index contributed by atoms with van der Waals surface area (Å²) >= 11 is 8.45. The number of nitrogens with zero attached hydrogens (tertiary/aromatic N) is 1. The van der Waals surface area contributed by atoms with E-state index in [4.69, 9.17) is 22.4 Å². The molecule has 0 atom stereocenters. The van der Waals surface area contributed by atoms with Crippen LogP contribution in [0, 0.1) is 0 Å². The molecule has 1 heterocycles. The van der Waals surface area contributed by atoms with E-state index in [9.17, 15) is 0 Å². The van der Waals surface area contributed by atoms with Crippen molar-refractivity contribution in [2.45, 2.75) is 19.9 Å². The van der Waals surface area contributed by atoms with Gasteiger partial charge in [-0.25, -0.2) is 4.98 Å². The maximum atomic E-state index is 5.70. The van der Waals surface area contributed by atoms with Gasteiger partial charge in [0, 0.05) is 22.1 Å². The average Bonchev–Trinajstić information content (AvgIpc) is 2.84. The number of oxazole rings is 1. The first-order valence-electron chi connectivity index (χ1n) is 5.87. The van der Waals surface area contributed by atoms with Gasteiger partial charge in [0.1, 0.15) is 10.7 Å². The van der Waals surface area contributed by atoms with Crippen molar-refractivity contribution in [1.82, 2.24) is 4.98 Å². The monoisotopic (exact) mass is 339 g/mol. The van der Waals surface area contributed by atoms with Gasteiger partial charge < -0.3 is 15.5 Å². The van der Waals surface area contributed by atoms with E-state index in [0.717, 1.165) is 27.9 Å². The van der Waals surface area contributed by atoms with Crippen LogP contribution in [0.1, 0.15) is 24.1 Å². The highest BCUT2D eigenvalue weighted by molar-refractivity contribution is 9.10. The highest BCUT2D eigenvalue weighted by atomic mass is 79.9. The Morgan fingerprint density at radius 2 is 2.32 bits per heavy atom. The molecule has 0 aliphatic carbocycles. The Morgan fingerprint density at radius 1 is 1.53 bits per heavy atom. The summed E-state index contributed by atoms with van der Waals surface area (Å²) < 4.78 is 6.49. The zero-order valence-corrected chi connectivity index (χ0v) is 12.8. The zero-order chi connectivity index (χ0) is 13.8. The van der Waals surface area contributed by atoms with E-state index >= 15 is 0 Å². The van der Waals surface area contributed by atoms with Crippen LogP contribution in [-0.4, -0.2) is 9.97 Å². The lowest BCUT2D eigenvalue weighted by atomic mass is 10.2. The third-order valence-corrected chi connectivity index (χ3v) is 3.34. The van der Waals surface area contributed by atoms with Crippen LogP contribution in [0.4, 0.5) is 5.69 Å². The van der Waals surface area contributed by atoms with E-state index in [2.05, 4.69) is 26.2 Å². The molecule has 0 aliphatic rings. The zero-order valence-electron chi connectivity index (χ0n) is 10.4. The number of benzene rings is 1. The number of thiocarbonyl (C=S) groups is 1. The average molecular weight is 340 g/mol. The molecule has 0 bridgehead atoms. The summed E-state index contributed by atoms with van der Waals surface area (Å²) in [6, 6.07) is 5.71. The van der Waals surface area contributed by atoms with Crippen LogP contribution >= 0.6 is 28.1 Å². The predicted octanol–water partition coefficient (Wildman–Crippen LogP) is 3.25. The van der Waals surface area contributed by atoms with Crippen molar-refractivity contribution < 1.29 is 4.42 Å². The molecule has 3 N–H and O–H groups in total. The maximum Gasteiger partial charge on any atom is 0.213 e. The van der Waals surface area contributed by atoms with Crippen LogP contribution in [0.3, 0.4) is 0 Å². The largest absolute Gasteiger partial charge is 0.444 e. The highest BCUT2D eigenvalue weighted by Crippen LogP contribution is 2.22. The molecule has 2 rings (SSSR count). The van der Waals surface area contributed by atoms with Gasteiger partial charge in [-0.2, -0.15) is 0 Å². The van der Waals surface area contributed by atoms with Crippen LogP contribution in [-0.2, 0) is 13.0 Å². The van der Waals surface area contributed by atoms with Gasteiger partial charge in [0.05, 0.1) is 12.7 Å². The summed E-state index contributed by atoms with van der Waals surface area (Å²) in [6.07, 6.45) is 2.58. The molecular weight excluding hydrogens is 326 g/mol. The van der Waals surface area contributed by atoms with Crippen LogP contribution in [0.15, 0.2) is 33.3 Å². The Kier molecular flexibility index (Phi) is 4.55. The summed E-state index contributed by atoms with van der Waals surface area (Å²) in [6.45, 7) is 2.52. The van der Waals surface area contributed by atoms with Crippen molar-refractivity contribution in [2.75, 3.05) is 5.32 Å². The van der Waals surface area contributed by atoms with Gasteiger partial charge in [0.2, 0.25) is 5.89 Å². The first-order chi connectivity index (χ1) is 9.10. The second-order valence-electron chi connectivity index (χ2n) is 3.98. The van der Waals surface area contributed by atoms with Crippen molar-refractivity contribution in [3.63, 3.8) is 0 Å². The number of rotatable bonds is 5. The number of anilines is 1. The molecule has 6 heteroatoms. The minimum absolute atomic E-state index is 0.358. The van der Waals surface area contributed by atoms with Gasteiger partial charge in [0.25, 0.3) is 0 Å². The summed E-state index contributed by atoms with van der Waals surface area (Å²) in [5, 5.41) is 3.24. The van der Waals surface area contributed by atoms with Crippen LogP contribution in [0.25, 0.3) is 0 Å². The number of aromatic nitrogens is 1. The normalized spacial score (nSPS) is 10.4. The fraction of sp³-hybridized carbons (Fsp3) is 0.231. The molecule has 1 aromatic carbocycles. The van der Waals surface area contributed by atoms with Crippen LogP contribution in [0.2, 0.25) is 0 Å². The second-order valence-corrected chi connectivity index (χ2v) is 5.34. The Morgan fingerprint density at radius 3 is 2.95 bits per heavy atom. The molecule has 0 saturated heterocycles. The number of nitrogens with one attached hydrogen (secondary N) is 1. The van der Waals surface area contributed by atoms with Crippen molar-refractivity contribution in [3.8, 4) is 0 Å². The third-order valence-electron chi connectivity index (χ3n) is 2.63. The minimum Gasteiger partial charge on any atom is -0.444 e. The molecule has 4 nitrogen and oxygen atoms in total. The molecule has 1 aromatic heterocycles. The molecule has 100 valence electrons. The molecule has 2 aromatic rings. The molecule has 0 fully saturated rings. The van der Waals surface area contributed by atoms with Crippen LogP contribution < -0.4 is 11.1 Å². The van der Waals surface area contributed by atoms with E-state index in [1.807, 2.05) is 25.1 Å². The van der Waals surface area contributed by atoms with Gasteiger partial charge >= 0.3 is 0 Å². The van der Waals surface area contributed by atoms with E-state index in [1.54, 1.807) is 6.20 Å². The van der Waals surface area contributed by atoms with Crippen molar-refractivity contribution in [2.24, 2.45) is 5.73 Å². The van der Waals surface area contributed by atoms with Crippen molar-refractivity contribution in [3.05, 3.63) is 46.1 Å². The van der Waals surface area contributed by atoms with Gasteiger partial charge in [-0.3, -0.25) is 0 Å². The number of nitrogens with two attached hydrogens (primary N) is 1. The van der Waals surface area contributed by atoms with Crippen molar-refractivity contribution >= 4 is 38.8 Å². The molecule has 0 radical (unpaired) electrons. The Labute approximate surface area is 125 Å². The maximum absolute atomic E-state index is 5.70. The highest BCUT2D eigenvalue weighted by Gasteiger charge is 2.07. The number of hydrogen-bond donors (Lipinski definition) is 2. The van der Waals surface area contributed by atoms with E-state index in [1.165, 1.54) is 0 Å². The van der Waals surface area contributed by atoms with E-state index in [-0.39, 0.29) is 0 Å². The lowest BCUT2D eigenvalue weighted by Crippen LogP contribution is -2.13. The second kappa shape index (κ2) is 6.16. The molecule has 0 amide bonds. The molecular formula is C13H14BrN3OS. The van der Waals surface area contributed by atoms with Crippen LogP contribution in [0.5, 0.6) is 0 Å². The van der Waals surface area contributed by atoms with Gasteiger partial charge in [-0.15, -0.1) is 0 Å². The topological polar surface area (TPSA) is 64.1 Å². The van der Waals surface area contributed by atoms with E-state index < -0.39 is 0 Å². The fourth-order valence-electron chi connectivity index (χ4n) is 1.64. The lowest BCUT2D eigenvalue weighted by molar-refractivity contribution is 0.466. The summed E-state index contributed by atoms with van der Waals surface area (Å²) in [5.74, 6) is 1.52. The first kappa shape index (κ1) is 14.0.